The standard InChI is InChI=1S/C8H17N3O2/c1-9-8(13)10-6-4-5-7(12)11(2)3/h4-6H2,1-3H3,(H2,9,10,13). The molecule has 0 aromatic heterocycles. The van der Waals surface area contributed by atoms with Gasteiger partial charge in [0.05, 0.1) is 0 Å². The molecule has 0 atom stereocenters. The lowest BCUT2D eigenvalue weighted by Gasteiger charge is -2.09. The Bertz CT molecular complexity index is 180. The van der Waals surface area contributed by atoms with Crippen LogP contribution in [-0.4, -0.2) is 44.5 Å². The SMILES string of the molecule is CNC(=O)NCCCC(=O)N(C)C. The number of nitrogens with one attached hydrogen (secondary N) is 2. The molecule has 2 N–H and O–H groups in total. The number of hydrogen-bond acceptors (Lipinski definition) is 2. The van der Waals surface area contributed by atoms with Crippen molar-refractivity contribution in [2.24, 2.45) is 0 Å². The Labute approximate surface area is 78.5 Å². The van der Waals surface area contributed by atoms with Crippen LogP contribution in [0.1, 0.15) is 12.8 Å². The number of carbonyl (C=O) groups excluding carboxylic acids is 2. The van der Waals surface area contributed by atoms with Gasteiger partial charge in [-0.25, -0.2) is 4.79 Å². The summed E-state index contributed by atoms with van der Waals surface area (Å²) in [6.07, 6.45) is 1.14. The van der Waals surface area contributed by atoms with Gasteiger partial charge in [0.15, 0.2) is 0 Å². The van der Waals surface area contributed by atoms with E-state index in [4.69, 9.17) is 0 Å². The van der Waals surface area contributed by atoms with Crippen molar-refractivity contribution < 1.29 is 9.59 Å². The predicted molar refractivity (Wildman–Crippen MR) is 50.4 cm³/mol. The fraction of sp³-hybridized carbons (Fsp3) is 0.750. The maximum absolute atomic E-state index is 11.1. The molecule has 5 heteroatoms. The lowest BCUT2D eigenvalue weighted by atomic mass is 10.3. The third kappa shape index (κ3) is 5.95. The van der Waals surface area contributed by atoms with Gasteiger partial charge in [-0.05, 0) is 6.42 Å². The van der Waals surface area contributed by atoms with Crippen molar-refractivity contribution in [3.05, 3.63) is 0 Å². The van der Waals surface area contributed by atoms with Crippen molar-refractivity contribution in [2.45, 2.75) is 12.8 Å². The van der Waals surface area contributed by atoms with E-state index in [-0.39, 0.29) is 11.9 Å². The molecule has 0 fully saturated rings. The van der Waals surface area contributed by atoms with Crippen LogP contribution in [0.4, 0.5) is 4.79 Å². The van der Waals surface area contributed by atoms with Crippen LogP contribution >= 0.6 is 0 Å². The molecule has 3 amide bonds. The van der Waals surface area contributed by atoms with Crippen LogP contribution in [0.5, 0.6) is 0 Å². The molecule has 0 aromatic carbocycles. The summed E-state index contributed by atoms with van der Waals surface area (Å²) in [5, 5.41) is 5.04. The highest BCUT2D eigenvalue weighted by molar-refractivity contribution is 5.76. The highest BCUT2D eigenvalue weighted by atomic mass is 16.2. The molecule has 0 rings (SSSR count). The number of urea groups is 1. The molecule has 0 heterocycles. The molecule has 0 aliphatic rings. The molecule has 0 aliphatic carbocycles. The Kier molecular flexibility index (Phi) is 5.67. The summed E-state index contributed by atoms with van der Waals surface area (Å²) in [5.74, 6) is 0.0821. The number of hydrogen-bond donors (Lipinski definition) is 2. The van der Waals surface area contributed by atoms with Crippen molar-refractivity contribution in [1.29, 1.82) is 0 Å². The normalized spacial score (nSPS) is 9.15. The highest BCUT2D eigenvalue weighted by Crippen LogP contribution is 1.91. The molecule has 13 heavy (non-hydrogen) atoms. The zero-order chi connectivity index (χ0) is 10.3. The molecule has 0 saturated carbocycles. The topological polar surface area (TPSA) is 61.4 Å². The van der Waals surface area contributed by atoms with E-state index in [1.54, 1.807) is 26.0 Å². The summed E-state index contributed by atoms with van der Waals surface area (Å²) in [5.41, 5.74) is 0. The maximum Gasteiger partial charge on any atom is 0.314 e. The molecule has 0 bridgehead atoms. The van der Waals surface area contributed by atoms with Gasteiger partial charge in [0.25, 0.3) is 0 Å². The van der Waals surface area contributed by atoms with E-state index in [1.807, 2.05) is 0 Å². The minimum Gasteiger partial charge on any atom is -0.349 e. The van der Waals surface area contributed by atoms with Gasteiger partial charge >= 0.3 is 6.03 Å². The minimum absolute atomic E-state index is 0.0821. The third-order valence-corrected chi connectivity index (χ3v) is 1.58. The van der Waals surface area contributed by atoms with E-state index < -0.39 is 0 Å². The first-order valence-electron chi connectivity index (χ1n) is 4.23. The van der Waals surface area contributed by atoms with E-state index in [2.05, 4.69) is 10.6 Å². The maximum atomic E-state index is 11.1. The molecular formula is C8H17N3O2. The third-order valence-electron chi connectivity index (χ3n) is 1.58. The van der Waals surface area contributed by atoms with Gasteiger partial charge in [-0.2, -0.15) is 0 Å². The first-order valence-corrected chi connectivity index (χ1v) is 4.23. The van der Waals surface area contributed by atoms with Crippen LogP contribution in [0.25, 0.3) is 0 Å². The summed E-state index contributed by atoms with van der Waals surface area (Å²) in [6, 6.07) is -0.211. The zero-order valence-corrected chi connectivity index (χ0v) is 8.39. The number of carbonyl (C=O) groups is 2. The Morgan fingerprint density at radius 2 is 1.92 bits per heavy atom. The summed E-state index contributed by atoms with van der Waals surface area (Å²) in [7, 11) is 4.99. The molecule has 0 aromatic rings. The highest BCUT2D eigenvalue weighted by Gasteiger charge is 2.03. The monoisotopic (exact) mass is 187 g/mol. The van der Waals surface area contributed by atoms with Crippen LogP contribution in [0.15, 0.2) is 0 Å². The van der Waals surface area contributed by atoms with Crippen LogP contribution < -0.4 is 10.6 Å². The van der Waals surface area contributed by atoms with E-state index in [1.165, 1.54) is 0 Å². The van der Waals surface area contributed by atoms with Crippen molar-refractivity contribution in [2.75, 3.05) is 27.7 Å². The first kappa shape index (κ1) is 11.7. The first-order chi connectivity index (χ1) is 6.07. The predicted octanol–water partition coefficient (Wildman–Crippen LogP) is -0.216. The Morgan fingerprint density at radius 1 is 1.31 bits per heavy atom. The van der Waals surface area contributed by atoms with Crippen molar-refractivity contribution in [3.63, 3.8) is 0 Å². The molecule has 0 unspecified atom stereocenters. The van der Waals surface area contributed by atoms with Gasteiger partial charge in [-0.1, -0.05) is 0 Å². The summed E-state index contributed by atoms with van der Waals surface area (Å²) in [4.78, 5) is 23.3. The molecule has 0 aliphatic heterocycles. The lowest BCUT2D eigenvalue weighted by molar-refractivity contribution is -0.128. The molecule has 0 saturated heterocycles. The molecular weight excluding hydrogens is 170 g/mol. The second-order valence-corrected chi connectivity index (χ2v) is 2.90. The van der Waals surface area contributed by atoms with Crippen molar-refractivity contribution in [3.8, 4) is 0 Å². The smallest absolute Gasteiger partial charge is 0.314 e. The van der Waals surface area contributed by atoms with Crippen molar-refractivity contribution >= 4 is 11.9 Å². The quantitative estimate of drug-likeness (QED) is 0.598. The number of nitrogens with zero attached hydrogens (tertiary/aromatic N) is 1. The number of rotatable bonds is 4. The van der Waals surface area contributed by atoms with Crippen LogP contribution in [-0.2, 0) is 4.79 Å². The van der Waals surface area contributed by atoms with Crippen LogP contribution in [0.2, 0.25) is 0 Å². The average molecular weight is 187 g/mol. The second kappa shape index (κ2) is 6.28. The van der Waals surface area contributed by atoms with Gasteiger partial charge in [-0.15, -0.1) is 0 Å². The average Bonchev–Trinajstić information content (AvgIpc) is 2.11. The molecule has 76 valence electrons. The zero-order valence-electron chi connectivity index (χ0n) is 8.39. The molecule has 5 nitrogen and oxygen atoms in total. The Balaban J connectivity index is 3.36. The van der Waals surface area contributed by atoms with Crippen LogP contribution in [0.3, 0.4) is 0 Å². The Morgan fingerprint density at radius 3 is 2.38 bits per heavy atom. The lowest BCUT2D eigenvalue weighted by Crippen LogP contribution is -2.33. The summed E-state index contributed by atoms with van der Waals surface area (Å²) >= 11 is 0. The van der Waals surface area contributed by atoms with Crippen molar-refractivity contribution in [1.82, 2.24) is 15.5 Å². The second-order valence-electron chi connectivity index (χ2n) is 2.90. The van der Waals surface area contributed by atoms with Gasteiger partial charge < -0.3 is 15.5 Å². The minimum atomic E-state index is -0.211. The fourth-order valence-corrected chi connectivity index (χ4v) is 0.754. The molecule has 0 spiro atoms. The van der Waals surface area contributed by atoms with Crippen LogP contribution in [0, 0.1) is 0 Å². The van der Waals surface area contributed by atoms with E-state index in [0.717, 1.165) is 0 Å². The molecule has 0 radical (unpaired) electrons. The van der Waals surface area contributed by atoms with Gasteiger partial charge in [-0.3, -0.25) is 4.79 Å². The van der Waals surface area contributed by atoms with Gasteiger partial charge in [0.1, 0.15) is 0 Å². The summed E-state index contributed by atoms with van der Waals surface area (Å²) in [6.45, 7) is 0.527. The van der Waals surface area contributed by atoms with Gasteiger partial charge in [0.2, 0.25) is 5.91 Å². The largest absolute Gasteiger partial charge is 0.349 e. The summed E-state index contributed by atoms with van der Waals surface area (Å²) < 4.78 is 0. The van der Waals surface area contributed by atoms with E-state index >= 15 is 0 Å². The van der Waals surface area contributed by atoms with E-state index in [9.17, 15) is 9.59 Å². The van der Waals surface area contributed by atoms with Gasteiger partial charge in [0, 0.05) is 34.1 Å². The van der Waals surface area contributed by atoms with E-state index in [0.29, 0.717) is 19.4 Å². The fourth-order valence-electron chi connectivity index (χ4n) is 0.754. The Hall–Kier alpha value is -1.26. The number of amides is 3.